The van der Waals surface area contributed by atoms with Gasteiger partial charge in [0, 0.05) is 0 Å². The predicted molar refractivity (Wildman–Crippen MR) is 133 cm³/mol. The summed E-state index contributed by atoms with van der Waals surface area (Å²) in [6, 6.07) is 0. The Kier molecular flexibility index (Phi) is 24.4. The van der Waals surface area contributed by atoms with Crippen molar-refractivity contribution in [2.45, 2.75) is 148 Å². The Hall–Kier alpha value is -0.160. The Morgan fingerprint density at radius 3 is 1.29 bits per heavy atom. The van der Waals surface area contributed by atoms with E-state index in [1.807, 2.05) is 0 Å². The van der Waals surface area contributed by atoms with Crippen LogP contribution in [-0.2, 0) is 14.3 Å². The molecule has 0 atom stereocenters. The van der Waals surface area contributed by atoms with Gasteiger partial charge in [0.15, 0.2) is 0 Å². The third kappa shape index (κ3) is 26.0. The Bertz CT molecular complexity index is 440. The first kappa shape index (κ1) is 30.8. The molecule has 0 rings (SSSR count). The molecular formula is C26H53FO3S. The second kappa shape index (κ2) is 24.5. The molecule has 0 amide bonds. The van der Waals surface area contributed by atoms with E-state index < -0.39 is 10.1 Å². The molecule has 0 aliphatic carbocycles. The van der Waals surface area contributed by atoms with Gasteiger partial charge >= 0.3 is 0 Å². The maximum atomic E-state index is 12.0. The van der Waals surface area contributed by atoms with Gasteiger partial charge in [-0.25, -0.2) is 0 Å². The normalized spacial score (nSPS) is 11.9. The summed E-state index contributed by atoms with van der Waals surface area (Å²) >= 11 is 0. The van der Waals surface area contributed by atoms with Crippen molar-refractivity contribution in [3.63, 3.8) is 0 Å². The third-order valence-corrected chi connectivity index (χ3v) is 7.35. The highest BCUT2D eigenvalue weighted by Crippen LogP contribution is 2.14. The van der Waals surface area contributed by atoms with E-state index in [1.54, 1.807) is 0 Å². The molecule has 0 unspecified atom stereocenters. The molecule has 3 nitrogen and oxygen atoms in total. The summed E-state index contributed by atoms with van der Waals surface area (Å²) in [6.07, 6.45) is 25.8. The molecule has 0 bridgehead atoms. The topological polar surface area (TPSA) is 43.4 Å². The number of hydrogen-bond acceptors (Lipinski definition) is 3. The first-order valence-corrected chi connectivity index (χ1v) is 15.1. The minimum atomic E-state index is -3.35. The minimum absolute atomic E-state index is 0.146. The maximum absolute atomic E-state index is 12.0. The molecule has 188 valence electrons. The summed E-state index contributed by atoms with van der Waals surface area (Å²) in [6.45, 7) is 2.40. The number of unbranched alkanes of at least 4 members (excludes halogenated alkanes) is 20. The van der Waals surface area contributed by atoms with E-state index in [-0.39, 0.29) is 12.4 Å². The molecule has 0 aliphatic rings. The summed E-state index contributed by atoms with van der Waals surface area (Å²) in [5, 5.41) is 0. The van der Waals surface area contributed by atoms with Gasteiger partial charge < -0.3 is 0 Å². The summed E-state index contributed by atoms with van der Waals surface area (Å²) in [4.78, 5) is 0. The summed E-state index contributed by atoms with van der Waals surface area (Å²) in [7, 11) is -3.35. The summed E-state index contributed by atoms with van der Waals surface area (Å²) < 4.78 is 40.9. The number of alkyl halides is 1. The maximum Gasteiger partial charge on any atom is 0.267 e. The van der Waals surface area contributed by atoms with E-state index in [2.05, 4.69) is 6.92 Å². The second-order valence-corrected chi connectivity index (χ2v) is 11.0. The Labute approximate surface area is 194 Å². The van der Waals surface area contributed by atoms with Crippen LogP contribution in [0.3, 0.4) is 0 Å². The Morgan fingerprint density at radius 1 is 0.516 bits per heavy atom. The zero-order chi connectivity index (χ0) is 22.9. The van der Waals surface area contributed by atoms with Gasteiger partial charge in [0.1, 0.15) is 0 Å². The molecule has 0 saturated heterocycles. The van der Waals surface area contributed by atoms with Crippen molar-refractivity contribution < 1.29 is 17.0 Å². The van der Waals surface area contributed by atoms with Crippen LogP contribution in [0.1, 0.15) is 148 Å². The van der Waals surface area contributed by atoms with Crippen LogP contribution in [0.4, 0.5) is 4.39 Å². The number of halogens is 1. The van der Waals surface area contributed by atoms with Gasteiger partial charge in [0.2, 0.25) is 0 Å². The third-order valence-electron chi connectivity index (χ3n) is 6.04. The molecule has 0 aliphatic heterocycles. The van der Waals surface area contributed by atoms with Crippen molar-refractivity contribution in [3.05, 3.63) is 0 Å². The van der Waals surface area contributed by atoms with Crippen LogP contribution in [0.25, 0.3) is 0 Å². The van der Waals surface area contributed by atoms with Crippen LogP contribution in [0.15, 0.2) is 0 Å². The molecule has 0 heterocycles. The van der Waals surface area contributed by atoms with Crippen LogP contribution < -0.4 is 0 Å². The van der Waals surface area contributed by atoms with E-state index in [0.29, 0.717) is 19.4 Å². The van der Waals surface area contributed by atoms with Gasteiger partial charge in [0.25, 0.3) is 10.1 Å². The molecular weight excluding hydrogens is 411 g/mol. The van der Waals surface area contributed by atoms with Gasteiger partial charge in [0.05, 0.1) is 19.0 Å². The first-order valence-electron chi connectivity index (χ1n) is 13.6. The van der Waals surface area contributed by atoms with Crippen LogP contribution in [-0.4, -0.2) is 27.5 Å². The first-order chi connectivity index (χ1) is 15.1. The zero-order valence-electron chi connectivity index (χ0n) is 20.7. The smallest absolute Gasteiger partial charge is 0.267 e. The van der Waals surface area contributed by atoms with Crippen LogP contribution in [0.2, 0.25) is 0 Å². The van der Waals surface area contributed by atoms with E-state index in [0.717, 1.165) is 51.4 Å². The molecule has 0 fully saturated rings. The van der Waals surface area contributed by atoms with Gasteiger partial charge in [-0.3, -0.25) is 8.57 Å². The number of hydrogen-bond donors (Lipinski definition) is 0. The zero-order valence-corrected chi connectivity index (χ0v) is 21.5. The monoisotopic (exact) mass is 464 g/mol. The molecule has 0 aromatic heterocycles. The summed E-state index contributed by atoms with van der Waals surface area (Å²) in [5.41, 5.74) is 0. The molecule has 0 spiro atoms. The fourth-order valence-corrected chi connectivity index (χ4v) is 5.02. The molecule has 0 N–H and O–H groups in total. The largest absolute Gasteiger partial charge is 0.270 e. The Balaban J connectivity index is 3.29. The van der Waals surface area contributed by atoms with Crippen molar-refractivity contribution in [2.24, 2.45) is 0 Å². The Morgan fingerprint density at radius 2 is 0.871 bits per heavy atom. The molecule has 0 aromatic carbocycles. The fraction of sp³-hybridized carbons (Fsp3) is 1.00. The van der Waals surface area contributed by atoms with Crippen molar-refractivity contribution in [2.75, 3.05) is 19.0 Å². The average Bonchev–Trinajstić information content (AvgIpc) is 2.75. The molecule has 0 aromatic rings. The SMILES string of the molecule is CCCCCCCCCCCCCCCCOS(=O)(=O)CCCCCCCCCCF. The van der Waals surface area contributed by atoms with Crippen molar-refractivity contribution in [3.8, 4) is 0 Å². The van der Waals surface area contributed by atoms with Gasteiger partial charge in [-0.15, -0.1) is 0 Å². The molecule has 0 radical (unpaired) electrons. The van der Waals surface area contributed by atoms with Gasteiger partial charge in [-0.2, -0.15) is 8.42 Å². The van der Waals surface area contributed by atoms with Gasteiger partial charge in [-0.1, -0.05) is 129 Å². The average molecular weight is 465 g/mol. The molecule has 31 heavy (non-hydrogen) atoms. The van der Waals surface area contributed by atoms with Crippen LogP contribution in [0, 0.1) is 0 Å². The van der Waals surface area contributed by atoms with Crippen molar-refractivity contribution in [1.82, 2.24) is 0 Å². The highest BCUT2D eigenvalue weighted by molar-refractivity contribution is 7.86. The quantitative estimate of drug-likeness (QED) is 0.0947. The second-order valence-electron chi connectivity index (χ2n) is 9.20. The van der Waals surface area contributed by atoms with Gasteiger partial charge in [-0.05, 0) is 19.3 Å². The van der Waals surface area contributed by atoms with E-state index >= 15 is 0 Å². The van der Waals surface area contributed by atoms with E-state index in [9.17, 15) is 12.8 Å². The fourth-order valence-electron chi connectivity index (χ4n) is 3.98. The lowest BCUT2D eigenvalue weighted by molar-refractivity contribution is 0.305. The van der Waals surface area contributed by atoms with Crippen LogP contribution >= 0.6 is 0 Å². The lowest BCUT2D eigenvalue weighted by atomic mass is 10.0. The highest BCUT2D eigenvalue weighted by Gasteiger charge is 2.10. The van der Waals surface area contributed by atoms with Crippen LogP contribution in [0.5, 0.6) is 0 Å². The number of rotatable bonds is 26. The lowest BCUT2D eigenvalue weighted by Crippen LogP contribution is -2.11. The van der Waals surface area contributed by atoms with Crippen molar-refractivity contribution in [1.29, 1.82) is 0 Å². The predicted octanol–water partition coefficient (Wildman–Crippen LogP) is 8.90. The lowest BCUT2D eigenvalue weighted by Gasteiger charge is -2.06. The van der Waals surface area contributed by atoms with Crippen molar-refractivity contribution >= 4 is 10.1 Å². The molecule has 0 saturated carbocycles. The highest BCUT2D eigenvalue weighted by atomic mass is 32.2. The van der Waals surface area contributed by atoms with E-state index in [4.69, 9.17) is 4.18 Å². The standard InChI is InChI=1S/C26H53FO3S/c1-2-3-4-5-6-7-8-9-10-11-13-16-19-22-25-30-31(28,29)26-23-20-17-14-12-15-18-21-24-27/h2-26H2,1H3. The summed E-state index contributed by atoms with van der Waals surface area (Å²) in [5.74, 6) is 0.146. The van der Waals surface area contributed by atoms with E-state index in [1.165, 1.54) is 77.0 Å². The minimum Gasteiger partial charge on any atom is -0.270 e. The molecule has 5 heteroatoms.